The maximum Gasteiger partial charge on any atom is 0.137 e. The maximum atomic E-state index is 13.2. The minimum atomic E-state index is -0.250. The molecule has 17 heavy (non-hydrogen) atoms. The average Bonchev–Trinajstić information content (AvgIpc) is 2.36. The van der Waals surface area contributed by atoms with Crippen LogP contribution in [0.5, 0.6) is 0 Å². The molecule has 0 N–H and O–H groups in total. The van der Waals surface area contributed by atoms with Gasteiger partial charge in [-0.2, -0.15) is 0 Å². The number of hydrogen-bond donors (Lipinski definition) is 0. The summed E-state index contributed by atoms with van der Waals surface area (Å²) in [4.78, 5) is 0. The molecule has 1 aliphatic rings. The highest BCUT2D eigenvalue weighted by Crippen LogP contribution is 2.21. The lowest BCUT2D eigenvalue weighted by Crippen LogP contribution is -2.24. The highest BCUT2D eigenvalue weighted by Gasteiger charge is 2.14. The molecule has 1 atom stereocenters. The summed E-state index contributed by atoms with van der Waals surface area (Å²) in [6.07, 6.45) is 3.62. The first kappa shape index (κ1) is 13.0. The largest absolute Gasteiger partial charge is 0.376 e. The topological polar surface area (TPSA) is 18.5 Å². The highest BCUT2D eigenvalue weighted by molar-refractivity contribution is 9.10. The van der Waals surface area contributed by atoms with Gasteiger partial charge < -0.3 is 9.47 Å². The van der Waals surface area contributed by atoms with E-state index < -0.39 is 0 Å². The molecule has 1 unspecified atom stereocenters. The summed E-state index contributed by atoms with van der Waals surface area (Å²) < 4.78 is 24.9. The fourth-order valence-corrected chi connectivity index (χ4v) is 2.28. The van der Waals surface area contributed by atoms with Gasteiger partial charge in [0.25, 0.3) is 0 Å². The predicted molar refractivity (Wildman–Crippen MR) is 67.3 cm³/mol. The summed E-state index contributed by atoms with van der Waals surface area (Å²) in [5, 5.41) is 0. The van der Waals surface area contributed by atoms with E-state index in [4.69, 9.17) is 9.47 Å². The molecule has 2 rings (SSSR count). The average molecular weight is 303 g/mol. The fourth-order valence-electron chi connectivity index (χ4n) is 1.90. The van der Waals surface area contributed by atoms with Gasteiger partial charge >= 0.3 is 0 Å². The third-order valence-electron chi connectivity index (χ3n) is 2.87. The molecule has 94 valence electrons. The van der Waals surface area contributed by atoms with Gasteiger partial charge in [0.1, 0.15) is 5.82 Å². The molecule has 0 saturated carbocycles. The van der Waals surface area contributed by atoms with E-state index in [-0.39, 0.29) is 11.9 Å². The van der Waals surface area contributed by atoms with Crippen LogP contribution in [-0.4, -0.2) is 19.3 Å². The van der Waals surface area contributed by atoms with Gasteiger partial charge in [0.05, 0.1) is 23.8 Å². The summed E-state index contributed by atoms with van der Waals surface area (Å²) in [5.41, 5.74) is 0.834. The molecule has 1 heterocycles. The Hall–Kier alpha value is -0.450. The molecule has 2 nitrogen and oxygen atoms in total. The summed E-state index contributed by atoms with van der Waals surface area (Å²) in [7, 11) is 0. The third-order valence-corrected chi connectivity index (χ3v) is 3.75. The van der Waals surface area contributed by atoms with Crippen molar-refractivity contribution >= 4 is 15.9 Å². The van der Waals surface area contributed by atoms with Crippen molar-refractivity contribution in [3.05, 3.63) is 34.1 Å². The molecule has 0 amide bonds. The second kappa shape index (κ2) is 6.47. The standard InChI is InChI=1S/C13H16BrFO2/c14-13-10(4-3-6-12(13)15)8-16-9-11-5-1-2-7-17-11/h3-4,6,11H,1-2,5,7-9H2. The molecule has 0 aliphatic carbocycles. The van der Waals surface area contributed by atoms with Gasteiger partial charge in [-0.1, -0.05) is 12.1 Å². The summed E-state index contributed by atoms with van der Waals surface area (Å²) in [6, 6.07) is 4.97. The van der Waals surface area contributed by atoms with Crippen LogP contribution in [0.25, 0.3) is 0 Å². The van der Waals surface area contributed by atoms with Crippen molar-refractivity contribution in [3.63, 3.8) is 0 Å². The van der Waals surface area contributed by atoms with Crippen LogP contribution in [0.1, 0.15) is 24.8 Å². The summed E-state index contributed by atoms with van der Waals surface area (Å²) >= 11 is 3.22. The normalized spacial score (nSPS) is 20.5. The zero-order chi connectivity index (χ0) is 12.1. The van der Waals surface area contributed by atoms with Crippen LogP contribution in [-0.2, 0) is 16.1 Å². The first-order valence-electron chi connectivity index (χ1n) is 5.89. The first-order chi connectivity index (χ1) is 8.27. The lowest BCUT2D eigenvalue weighted by Gasteiger charge is -2.22. The van der Waals surface area contributed by atoms with E-state index in [0.29, 0.717) is 17.7 Å². The van der Waals surface area contributed by atoms with Gasteiger partial charge in [-0.3, -0.25) is 0 Å². The molecule has 0 aromatic heterocycles. The lowest BCUT2D eigenvalue weighted by molar-refractivity contribution is -0.0448. The molecule has 1 aromatic rings. The second-order valence-electron chi connectivity index (χ2n) is 4.22. The number of ether oxygens (including phenoxy) is 2. The molecule has 0 bridgehead atoms. The molecular formula is C13H16BrFO2. The zero-order valence-corrected chi connectivity index (χ0v) is 11.2. The Morgan fingerprint density at radius 2 is 2.29 bits per heavy atom. The Labute approximate surface area is 109 Å². The van der Waals surface area contributed by atoms with Crippen LogP contribution >= 0.6 is 15.9 Å². The predicted octanol–water partition coefficient (Wildman–Crippen LogP) is 3.67. The molecule has 1 aliphatic heterocycles. The second-order valence-corrected chi connectivity index (χ2v) is 5.01. The number of hydrogen-bond acceptors (Lipinski definition) is 2. The highest BCUT2D eigenvalue weighted by atomic mass is 79.9. The molecule has 1 saturated heterocycles. The van der Waals surface area contributed by atoms with Gasteiger partial charge in [0.15, 0.2) is 0 Å². The fraction of sp³-hybridized carbons (Fsp3) is 0.538. The van der Waals surface area contributed by atoms with Crippen LogP contribution in [0.3, 0.4) is 0 Å². The molecule has 1 aromatic carbocycles. The van der Waals surface area contributed by atoms with Crippen molar-refractivity contribution in [1.29, 1.82) is 0 Å². The minimum absolute atomic E-state index is 0.205. The lowest BCUT2D eigenvalue weighted by atomic mass is 10.1. The Kier molecular flexibility index (Phi) is 4.95. The number of benzene rings is 1. The van der Waals surface area contributed by atoms with E-state index in [1.165, 1.54) is 12.5 Å². The van der Waals surface area contributed by atoms with Crippen LogP contribution in [0.4, 0.5) is 4.39 Å². The van der Waals surface area contributed by atoms with Crippen molar-refractivity contribution in [2.45, 2.75) is 32.0 Å². The molecule has 4 heteroatoms. The van der Waals surface area contributed by atoms with Crippen LogP contribution < -0.4 is 0 Å². The SMILES string of the molecule is Fc1cccc(COCC2CCCCO2)c1Br. The number of halogens is 2. The van der Waals surface area contributed by atoms with Crippen molar-refractivity contribution in [2.24, 2.45) is 0 Å². The Bertz CT molecular complexity index is 364. The quantitative estimate of drug-likeness (QED) is 0.845. The van der Waals surface area contributed by atoms with E-state index in [0.717, 1.165) is 25.0 Å². The van der Waals surface area contributed by atoms with Crippen molar-refractivity contribution in [2.75, 3.05) is 13.2 Å². The number of rotatable bonds is 4. The molecule has 0 spiro atoms. The van der Waals surface area contributed by atoms with Gasteiger partial charge in [-0.25, -0.2) is 4.39 Å². The smallest absolute Gasteiger partial charge is 0.137 e. The summed E-state index contributed by atoms with van der Waals surface area (Å²) in [5.74, 6) is -0.250. The van der Waals surface area contributed by atoms with E-state index in [1.807, 2.05) is 6.07 Å². The Morgan fingerprint density at radius 3 is 3.06 bits per heavy atom. The third kappa shape index (κ3) is 3.76. The van der Waals surface area contributed by atoms with Gasteiger partial charge in [0.2, 0.25) is 0 Å². The molecule has 0 radical (unpaired) electrons. The van der Waals surface area contributed by atoms with Crippen molar-refractivity contribution in [1.82, 2.24) is 0 Å². The van der Waals surface area contributed by atoms with Crippen LogP contribution in [0.2, 0.25) is 0 Å². The van der Waals surface area contributed by atoms with E-state index in [1.54, 1.807) is 6.07 Å². The van der Waals surface area contributed by atoms with Crippen molar-refractivity contribution in [3.8, 4) is 0 Å². The van der Waals surface area contributed by atoms with E-state index in [9.17, 15) is 4.39 Å². The maximum absolute atomic E-state index is 13.2. The first-order valence-corrected chi connectivity index (χ1v) is 6.69. The van der Waals surface area contributed by atoms with Crippen LogP contribution in [0.15, 0.2) is 22.7 Å². The van der Waals surface area contributed by atoms with Crippen molar-refractivity contribution < 1.29 is 13.9 Å². The molecule has 1 fully saturated rings. The van der Waals surface area contributed by atoms with E-state index >= 15 is 0 Å². The van der Waals surface area contributed by atoms with Gasteiger partial charge in [-0.15, -0.1) is 0 Å². The van der Waals surface area contributed by atoms with Crippen LogP contribution in [0, 0.1) is 5.82 Å². The molecular weight excluding hydrogens is 287 g/mol. The van der Waals surface area contributed by atoms with Gasteiger partial charge in [0, 0.05) is 6.61 Å². The van der Waals surface area contributed by atoms with E-state index in [2.05, 4.69) is 15.9 Å². The minimum Gasteiger partial charge on any atom is -0.376 e. The van der Waals surface area contributed by atoms with Gasteiger partial charge in [-0.05, 0) is 46.8 Å². The Morgan fingerprint density at radius 1 is 1.41 bits per heavy atom. The Balaban J connectivity index is 1.79. The zero-order valence-electron chi connectivity index (χ0n) is 9.62. The monoisotopic (exact) mass is 302 g/mol. The summed E-state index contributed by atoms with van der Waals surface area (Å²) in [6.45, 7) is 1.83.